The number of hydrogen-bond acceptors (Lipinski definition) is 8. The van der Waals surface area contributed by atoms with Crippen LogP contribution in [0.25, 0.3) is 22.2 Å². The Kier molecular flexibility index (Phi) is 15.8. The van der Waals surface area contributed by atoms with E-state index in [0.717, 1.165) is 53.6 Å². The second-order valence-corrected chi connectivity index (χ2v) is 15.5. The van der Waals surface area contributed by atoms with E-state index in [1.165, 1.54) is 66.5 Å². The van der Waals surface area contributed by atoms with Gasteiger partial charge in [0.05, 0.1) is 18.5 Å². The third-order valence-electron chi connectivity index (χ3n) is 10.8. The fourth-order valence-electron chi connectivity index (χ4n) is 7.56. The van der Waals surface area contributed by atoms with Gasteiger partial charge < -0.3 is 39.2 Å². The summed E-state index contributed by atoms with van der Waals surface area (Å²) in [6.45, 7) is 8.15. The summed E-state index contributed by atoms with van der Waals surface area (Å²) in [6.07, 6.45) is 3.03. The molecule has 62 heavy (non-hydrogen) atoms. The molecule has 324 valence electrons. The van der Waals surface area contributed by atoms with E-state index in [-0.39, 0.29) is 0 Å². The van der Waals surface area contributed by atoms with Crippen LogP contribution in [-0.2, 0) is 34.1 Å². The first-order valence-electron chi connectivity index (χ1n) is 20.9. The number of rotatable bonds is 18. The number of aromatic nitrogens is 1. The predicted molar refractivity (Wildman–Crippen MR) is 237 cm³/mol. The van der Waals surface area contributed by atoms with Crippen molar-refractivity contribution in [3.8, 4) is 28.5 Å². The fourth-order valence-corrected chi connectivity index (χ4v) is 7.56. The number of ether oxygens (including phenoxy) is 3. The van der Waals surface area contributed by atoms with Crippen LogP contribution in [0.15, 0.2) is 127 Å². The van der Waals surface area contributed by atoms with E-state index in [2.05, 4.69) is 107 Å². The van der Waals surface area contributed by atoms with E-state index in [1.54, 1.807) is 0 Å². The van der Waals surface area contributed by atoms with Gasteiger partial charge in [-0.3, -0.25) is 14.5 Å². The zero-order valence-electron chi connectivity index (χ0n) is 34.9. The van der Waals surface area contributed by atoms with E-state index < -0.39 is 36.4 Å². The summed E-state index contributed by atoms with van der Waals surface area (Å²) in [5, 5.41) is 35.0. The highest BCUT2D eigenvalue weighted by molar-refractivity contribution is 5.93. The van der Waals surface area contributed by atoms with Crippen LogP contribution in [0.1, 0.15) is 60.8 Å². The average molecular weight is 843 g/mol. The Balaban J connectivity index is 0.000000428. The highest BCUT2D eigenvalue weighted by Gasteiger charge is 2.40. The summed E-state index contributed by atoms with van der Waals surface area (Å²) in [6, 6.07) is 44.2. The van der Waals surface area contributed by atoms with Gasteiger partial charge in [0.1, 0.15) is 37.1 Å². The smallest absolute Gasteiger partial charge is 0.336 e. The molecule has 6 aromatic rings. The summed E-state index contributed by atoms with van der Waals surface area (Å²) < 4.78 is 21.0. The molecule has 1 fully saturated rings. The number of hydrogen-bond donors (Lipinski definition) is 4. The maximum absolute atomic E-state index is 10.3. The van der Waals surface area contributed by atoms with Gasteiger partial charge in [0.2, 0.25) is 0 Å². The molecule has 7 rings (SSSR count). The first kappa shape index (κ1) is 44.9. The van der Waals surface area contributed by atoms with Crippen molar-refractivity contribution in [2.24, 2.45) is 0 Å². The van der Waals surface area contributed by atoms with Crippen molar-refractivity contribution < 1.29 is 49.0 Å². The van der Waals surface area contributed by atoms with Crippen molar-refractivity contribution >= 4 is 28.8 Å². The van der Waals surface area contributed by atoms with Crippen molar-refractivity contribution in [3.63, 3.8) is 0 Å². The Morgan fingerprint density at radius 3 is 1.68 bits per heavy atom. The molecule has 12 heteroatoms. The van der Waals surface area contributed by atoms with E-state index in [0.29, 0.717) is 13.2 Å². The van der Waals surface area contributed by atoms with Crippen molar-refractivity contribution in [3.05, 3.63) is 150 Å². The van der Waals surface area contributed by atoms with E-state index in [1.807, 2.05) is 36.4 Å². The predicted octanol–water partition coefficient (Wildman–Crippen LogP) is 8.83. The second kappa shape index (κ2) is 21.8. The van der Waals surface area contributed by atoms with Crippen LogP contribution in [0.2, 0.25) is 0 Å². The standard InChI is InChI=1S/C44H46N2O3.C6H8O7/c1-34-42-30-41(49-33-37-14-8-5-9-15-37)24-25-43(42)46(44(34)38-18-22-40(23-19-38)48-32-36-12-6-4-7-13-36)31-35-16-20-39(21-17-35)47-29-28-45-26-10-2-3-11-27-45;7-3(8)1-6(13,5(11)12)2-4(9)10/h4-9,12-25,30H,2-3,10-11,26-29,31-33H2,1H3;13H,1-2H2,(H,7,8)(H,9,10)(H,11,12). The lowest BCUT2D eigenvalue weighted by atomic mass is 9.96. The third kappa shape index (κ3) is 12.7. The lowest BCUT2D eigenvalue weighted by Gasteiger charge is -2.19. The van der Waals surface area contributed by atoms with Crippen LogP contribution in [0.3, 0.4) is 0 Å². The largest absolute Gasteiger partial charge is 0.492 e. The van der Waals surface area contributed by atoms with Crippen molar-refractivity contribution in [1.82, 2.24) is 9.47 Å². The third-order valence-corrected chi connectivity index (χ3v) is 10.8. The summed E-state index contributed by atoms with van der Waals surface area (Å²) >= 11 is 0. The van der Waals surface area contributed by atoms with Crippen LogP contribution in [0.5, 0.6) is 17.2 Å². The average Bonchev–Trinajstić information content (AvgIpc) is 3.38. The zero-order valence-corrected chi connectivity index (χ0v) is 34.9. The maximum Gasteiger partial charge on any atom is 0.336 e. The molecule has 0 bridgehead atoms. The first-order chi connectivity index (χ1) is 30.0. The molecule has 1 aromatic heterocycles. The Hall–Kier alpha value is -6.63. The van der Waals surface area contributed by atoms with Gasteiger partial charge in [0.15, 0.2) is 5.60 Å². The molecule has 12 nitrogen and oxygen atoms in total. The van der Waals surface area contributed by atoms with Gasteiger partial charge in [-0.25, -0.2) is 4.79 Å². The molecular weight excluding hydrogens is 789 g/mol. The summed E-state index contributed by atoms with van der Waals surface area (Å²) in [5.74, 6) is -2.36. The minimum absolute atomic E-state index is 0.538. The molecule has 0 unspecified atom stereocenters. The summed E-state index contributed by atoms with van der Waals surface area (Å²) in [7, 11) is 0. The molecule has 0 spiro atoms. The molecule has 0 radical (unpaired) electrons. The van der Waals surface area contributed by atoms with Gasteiger partial charge in [0, 0.05) is 24.0 Å². The topological polar surface area (TPSA) is 168 Å². The number of benzene rings is 5. The first-order valence-corrected chi connectivity index (χ1v) is 20.9. The summed E-state index contributed by atoms with van der Waals surface area (Å²) in [4.78, 5) is 33.0. The van der Waals surface area contributed by atoms with Gasteiger partial charge in [-0.15, -0.1) is 0 Å². The molecule has 0 amide bonds. The number of aliphatic hydroxyl groups is 1. The second-order valence-electron chi connectivity index (χ2n) is 15.5. The van der Waals surface area contributed by atoms with Crippen LogP contribution in [0, 0.1) is 6.92 Å². The maximum atomic E-state index is 10.3. The van der Waals surface area contributed by atoms with Gasteiger partial charge in [-0.1, -0.05) is 85.6 Å². The number of nitrogens with zero attached hydrogens (tertiary/aromatic N) is 2. The molecule has 1 aliphatic rings. The number of carbonyl (C=O) groups is 3. The molecule has 0 saturated carbocycles. The van der Waals surface area contributed by atoms with Gasteiger partial charge in [-0.05, 0) is 115 Å². The van der Waals surface area contributed by atoms with Gasteiger partial charge in [-0.2, -0.15) is 0 Å². The Morgan fingerprint density at radius 2 is 1.13 bits per heavy atom. The molecule has 5 aromatic carbocycles. The lowest BCUT2D eigenvalue weighted by molar-refractivity contribution is -0.170. The number of fused-ring (bicyclic) bond motifs is 1. The highest BCUT2D eigenvalue weighted by Crippen LogP contribution is 2.37. The number of carboxylic acid groups (broad SMARTS) is 3. The Bertz CT molecular complexity index is 2360. The van der Waals surface area contributed by atoms with E-state index in [9.17, 15) is 14.4 Å². The van der Waals surface area contributed by atoms with Crippen molar-refractivity contribution in [2.75, 3.05) is 26.2 Å². The SMILES string of the molecule is Cc1c(-c2ccc(OCc3ccccc3)cc2)n(Cc2ccc(OCCN3CCCCCC3)cc2)c2ccc(OCc3ccccc3)cc12.O=C(O)CC(O)(CC(=O)O)C(=O)O. The van der Waals surface area contributed by atoms with Crippen molar-refractivity contribution in [1.29, 1.82) is 0 Å². The zero-order chi connectivity index (χ0) is 43.9. The monoisotopic (exact) mass is 842 g/mol. The van der Waals surface area contributed by atoms with Crippen molar-refractivity contribution in [2.45, 2.75) is 70.8 Å². The highest BCUT2D eigenvalue weighted by atomic mass is 16.5. The van der Waals surface area contributed by atoms with E-state index in [4.69, 9.17) is 34.6 Å². The van der Waals surface area contributed by atoms with Gasteiger partial charge >= 0.3 is 17.9 Å². The minimum atomic E-state index is -2.74. The molecule has 1 aliphatic heterocycles. The normalized spacial score (nSPS) is 13.1. The quantitative estimate of drug-likeness (QED) is 0.0653. The van der Waals surface area contributed by atoms with Crippen LogP contribution < -0.4 is 14.2 Å². The molecule has 1 saturated heterocycles. The Labute approximate surface area is 361 Å². The fraction of sp³-hybridized carbons (Fsp3) is 0.300. The lowest BCUT2D eigenvalue weighted by Crippen LogP contribution is -2.42. The van der Waals surface area contributed by atoms with Crippen LogP contribution in [0.4, 0.5) is 0 Å². The number of likely N-dealkylation sites (tertiary alicyclic amines) is 1. The molecule has 2 heterocycles. The molecule has 4 N–H and O–H groups in total. The number of carboxylic acids is 3. The molecule has 0 aliphatic carbocycles. The number of aryl methyl sites for hydroxylation is 1. The van der Waals surface area contributed by atoms with Crippen LogP contribution >= 0.6 is 0 Å². The molecule has 0 atom stereocenters. The van der Waals surface area contributed by atoms with E-state index >= 15 is 0 Å². The minimum Gasteiger partial charge on any atom is -0.492 e. The molecular formula is C50H54N2O10. The van der Waals surface area contributed by atoms with Gasteiger partial charge in [0.25, 0.3) is 0 Å². The van der Waals surface area contributed by atoms with Crippen LogP contribution in [-0.4, -0.2) is 79.6 Å². The Morgan fingerprint density at radius 1 is 0.613 bits per heavy atom. The summed E-state index contributed by atoms with van der Waals surface area (Å²) in [5.41, 5.74) is 5.56. The number of aliphatic carboxylic acids is 3.